The molecule has 1 fully saturated rings. The summed E-state index contributed by atoms with van der Waals surface area (Å²) in [4.78, 5) is 6.82. The van der Waals surface area contributed by atoms with Gasteiger partial charge in [0.15, 0.2) is 0 Å². The average Bonchev–Trinajstić information content (AvgIpc) is 2.34. The summed E-state index contributed by atoms with van der Waals surface area (Å²) in [7, 11) is 2.21. The van der Waals surface area contributed by atoms with Crippen molar-refractivity contribution in [3.8, 4) is 0 Å². The van der Waals surface area contributed by atoms with E-state index in [1.54, 1.807) is 0 Å². The highest BCUT2D eigenvalue weighted by Gasteiger charge is 2.15. The summed E-state index contributed by atoms with van der Waals surface area (Å²) in [5, 5.41) is 3.52. The van der Waals surface area contributed by atoms with E-state index in [0.29, 0.717) is 0 Å². The van der Waals surface area contributed by atoms with Crippen molar-refractivity contribution in [1.29, 1.82) is 0 Å². The lowest BCUT2D eigenvalue weighted by atomic mass is 9.97. The van der Waals surface area contributed by atoms with Crippen LogP contribution in [0.5, 0.6) is 0 Å². The Morgan fingerprint density at radius 2 is 2.12 bits per heavy atom. The Balaban J connectivity index is 1.67. The number of hydrogen-bond acceptors (Lipinski definition) is 3. The van der Waals surface area contributed by atoms with Gasteiger partial charge in [-0.25, -0.2) is 0 Å². The molecule has 0 aliphatic carbocycles. The lowest BCUT2D eigenvalue weighted by molar-refractivity contribution is 0.216. The van der Waals surface area contributed by atoms with Crippen LogP contribution in [0.15, 0.2) is 18.3 Å². The lowest BCUT2D eigenvalue weighted by Crippen LogP contribution is -2.34. The molecule has 3 nitrogen and oxygen atoms in total. The predicted molar refractivity (Wildman–Crippen MR) is 70.9 cm³/mol. The molecule has 0 spiro atoms. The molecule has 1 saturated heterocycles. The van der Waals surface area contributed by atoms with Crippen LogP contribution in [-0.4, -0.2) is 36.6 Å². The van der Waals surface area contributed by atoms with Crippen LogP contribution in [0.2, 0.25) is 0 Å². The van der Waals surface area contributed by atoms with Crippen LogP contribution in [0.4, 0.5) is 0 Å². The fourth-order valence-electron chi connectivity index (χ4n) is 2.27. The van der Waals surface area contributed by atoms with Gasteiger partial charge in [-0.1, -0.05) is 6.07 Å². The molecule has 0 aromatic carbocycles. The molecule has 0 unspecified atom stereocenters. The highest BCUT2D eigenvalue weighted by molar-refractivity contribution is 5.11. The van der Waals surface area contributed by atoms with E-state index in [0.717, 1.165) is 24.7 Å². The molecule has 0 atom stereocenters. The quantitative estimate of drug-likeness (QED) is 0.860. The van der Waals surface area contributed by atoms with E-state index in [1.165, 1.54) is 31.5 Å². The van der Waals surface area contributed by atoms with Crippen molar-refractivity contribution in [1.82, 2.24) is 15.2 Å². The summed E-state index contributed by atoms with van der Waals surface area (Å²) in [6, 6.07) is 4.23. The fourth-order valence-corrected chi connectivity index (χ4v) is 2.27. The highest BCUT2D eigenvalue weighted by atomic mass is 15.1. The molecule has 1 aliphatic rings. The summed E-state index contributed by atoms with van der Waals surface area (Å²) in [5.74, 6) is 0.844. The topological polar surface area (TPSA) is 28.2 Å². The van der Waals surface area contributed by atoms with E-state index in [2.05, 4.69) is 41.3 Å². The average molecular weight is 233 g/mol. The normalized spacial score (nSPS) is 18.5. The van der Waals surface area contributed by atoms with Gasteiger partial charge in [-0.2, -0.15) is 0 Å². The van der Waals surface area contributed by atoms with Gasteiger partial charge in [-0.15, -0.1) is 0 Å². The Kier molecular flexibility index (Phi) is 4.51. The van der Waals surface area contributed by atoms with Gasteiger partial charge in [-0.05, 0) is 64.0 Å². The maximum atomic E-state index is 4.40. The molecule has 0 amide bonds. The van der Waals surface area contributed by atoms with Crippen molar-refractivity contribution in [2.24, 2.45) is 5.92 Å². The van der Waals surface area contributed by atoms with Gasteiger partial charge in [-0.3, -0.25) is 4.98 Å². The molecule has 2 rings (SSSR count). The molecule has 3 heteroatoms. The van der Waals surface area contributed by atoms with Gasteiger partial charge in [0.05, 0.1) is 5.69 Å². The molecule has 2 heterocycles. The number of nitrogens with zero attached hydrogens (tertiary/aromatic N) is 2. The maximum Gasteiger partial charge on any atom is 0.0541 e. The van der Waals surface area contributed by atoms with Gasteiger partial charge in [0.2, 0.25) is 0 Å². The molecule has 1 aromatic heterocycles. The van der Waals surface area contributed by atoms with E-state index >= 15 is 0 Å². The molecular formula is C14H23N3. The van der Waals surface area contributed by atoms with Crippen molar-refractivity contribution in [3.05, 3.63) is 29.6 Å². The number of rotatable bonds is 4. The fraction of sp³-hybridized carbons (Fsp3) is 0.643. The van der Waals surface area contributed by atoms with Crippen LogP contribution >= 0.6 is 0 Å². The van der Waals surface area contributed by atoms with E-state index in [9.17, 15) is 0 Å². The first-order valence-electron chi connectivity index (χ1n) is 6.55. The van der Waals surface area contributed by atoms with Gasteiger partial charge >= 0.3 is 0 Å². The van der Waals surface area contributed by atoms with Crippen molar-refractivity contribution in [3.63, 3.8) is 0 Å². The van der Waals surface area contributed by atoms with Crippen LogP contribution in [0.3, 0.4) is 0 Å². The molecule has 0 radical (unpaired) electrons. The Morgan fingerprint density at radius 1 is 1.35 bits per heavy atom. The third-order valence-electron chi connectivity index (χ3n) is 3.55. The minimum atomic E-state index is 0.844. The monoisotopic (exact) mass is 233 g/mol. The van der Waals surface area contributed by atoms with E-state index in [1.807, 2.05) is 6.20 Å². The van der Waals surface area contributed by atoms with Crippen molar-refractivity contribution in [2.45, 2.75) is 26.3 Å². The number of aryl methyl sites for hydroxylation is 1. The van der Waals surface area contributed by atoms with Gasteiger partial charge in [0.25, 0.3) is 0 Å². The SMILES string of the molecule is Cc1ccc(CNCC2CCN(C)CC2)nc1. The smallest absolute Gasteiger partial charge is 0.0541 e. The van der Waals surface area contributed by atoms with E-state index in [4.69, 9.17) is 0 Å². The first-order valence-corrected chi connectivity index (χ1v) is 6.55. The summed E-state index contributed by atoms with van der Waals surface area (Å²) < 4.78 is 0. The second-order valence-electron chi connectivity index (χ2n) is 5.20. The van der Waals surface area contributed by atoms with Crippen molar-refractivity contribution >= 4 is 0 Å². The molecule has 94 valence electrons. The lowest BCUT2D eigenvalue weighted by Gasteiger charge is -2.29. The summed E-state index contributed by atoms with van der Waals surface area (Å²) in [6.07, 6.45) is 4.59. The van der Waals surface area contributed by atoms with Crippen LogP contribution < -0.4 is 5.32 Å². The van der Waals surface area contributed by atoms with Crippen LogP contribution in [0.1, 0.15) is 24.1 Å². The second kappa shape index (κ2) is 6.12. The first kappa shape index (κ1) is 12.5. The van der Waals surface area contributed by atoms with E-state index < -0.39 is 0 Å². The zero-order valence-electron chi connectivity index (χ0n) is 10.9. The molecule has 1 aliphatic heterocycles. The molecule has 1 aromatic rings. The number of nitrogens with one attached hydrogen (secondary N) is 1. The molecule has 17 heavy (non-hydrogen) atoms. The second-order valence-corrected chi connectivity index (χ2v) is 5.20. The minimum absolute atomic E-state index is 0.844. The predicted octanol–water partition coefficient (Wildman–Crippen LogP) is 1.82. The summed E-state index contributed by atoms with van der Waals surface area (Å²) >= 11 is 0. The Labute approximate surface area is 104 Å². The molecule has 1 N–H and O–H groups in total. The Morgan fingerprint density at radius 3 is 2.76 bits per heavy atom. The number of likely N-dealkylation sites (tertiary alicyclic amines) is 1. The van der Waals surface area contributed by atoms with Crippen molar-refractivity contribution < 1.29 is 0 Å². The Bertz CT molecular complexity index is 326. The van der Waals surface area contributed by atoms with Gasteiger partial charge in [0.1, 0.15) is 0 Å². The molecule has 0 saturated carbocycles. The third kappa shape index (κ3) is 4.10. The van der Waals surface area contributed by atoms with Gasteiger partial charge in [0, 0.05) is 12.7 Å². The summed E-state index contributed by atoms with van der Waals surface area (Å²) in [5.41, 5.74) is 2.37. The van der Waals surface area contributed by atoms with Crippen molar-refractivity contribution in [2.75, 3.05) is 26.7 Å². The zero-order chi connectivity index (χ0) is 12.1. The van der Waals surface area contributed by atoms with Crippen LogP contribution in [0, 0.1) is 12.8 Å². The highest BCUT2D eigenvalue weighted by Crippen LogP contribution is 2.14. The standard InChI is InChI=1S/C14H23N3/c1-12-3-4-14(16-9-12)11-15-10-13-5-7-17(2)8-6-13/h3-4,9,13,15H,5-8,10-11H2,1-2H3. The molecule has 0 bridgehead atoms. The maximum absolute atomic E-state index is 4.40. The third-order valence-corrected chi connectivity index (χ3v) is 3.55. The first-order chi connectivity index (χ1) is 8.24. The Hall–Kier alpha value is -0.930. The number of hydrogen-bond donors (Lipinski definition) is 1. The number of aromatic nitrogens is 1. The number of pyridine rings is 1. The largest absolute Gasteiger partial charge is 0.311 e. The van der Waals surface area contributed by atoms with Crippen LogP contribution in [-0.2, 0) is 6.54 Å². The summed E-state index contributed by atoms with van der Waals surface area (Å²) in [6.45, 7) is 6.59. The zero-order valence-corrected chi connectivity index (χ0v) is 10.9. The number of piperidine rings is 1. The molecular weight excluding hydrogens is 210 g/mol. The van der Waals surface area contributed by atoms with Crippen LogP contribution in [0.25, 0.3) is 0 Å². The van der Waals surface area contributed by atoms with E-state index in [-0.39, 0.29) is 0 Å². The van der Waals surface area contributed by atoms with Gasteiger partial charge < -0.3 is 10.2 Å². The minimum Gasteiger partial charge on any atom is -0.311 e.